The van der Waals surface area contributed by atoms with E-state index in [1.807, 2.05) is 13.8 Å². The van der Waals surface area contributed by atoms with Crippen molar-refractivity contribution in [3.63, 3.8) is 0 Å². The van der Waals surface area contributed by atoms with Gasteiger partial charge in [0.2, 0.25) is 10.0 Å². The summed E-state index contributed by atoms with van der Waals surface area (Å²) in [5.74, 6) is 0. The normalized spacial score (nSPS) is 18.4. The standard InChI is InChI=1S/C9H19NO4S.C3H8.C2H6/c1-13-8-9(14-2)4-6-10(7-5-9)15(3,11)12;1-3-2;1-2/h4-8H2,1-3H3;3H2,1-2H3;1-2H3. The smallest absolute Gasteiger partial charge is 0.211 e. The number of methoxy groups -OCH3 is 2. The molecular formula is C14H33NO4S. The SMILES string of the molecule is CC.CCC.COCC1(OC)CCN(S(C)(=O)=O)CC1. The molecule has 1 aliphatic heterocycles. The molecule has 0 aromatic heterocycles. The monoisotopic (exact) mass is 311 g/mol. The van der Waals surface area contributed by atoms with Crippen molar-refractivity contribution in [2.45, 2.75) is 52.6 Å². The van der Waals surface area contributed by atoms with Crippen molar-refractivity contribution in [1.82, 2.24) is 4.31 Å². The summed E-state index contributed by atoms with van der Waals surface area (Å²) in [4.78, 5) is 0. The molecule has 1 heterocycles. The Bertz CT molecular complexity index is 309. The number of sulfonamides is 1. The largest absolute Gasteiger partial charge is 0.382 e. The average Bonchev–Trinajstić information content (AvgIpc) is 2.42. The van der Waals surface area contributed by atoms with E-state index >= 15 is 0 Å². The van der Waals surface area contributed by atoms with Gasteiger partial charge in [-0.05, 0) is 12.8 Å². The van der Waals surface area contributed by atoms with Crippen molar-refractivity contribution in [1.29, 1.82) is 0 Å². The topological polar surface area (TPSA) is 55.8 Å². The van der Waals surface area contributed by atoms with Crippen molar-refractivity contribution in [3.05, 3.63) is 0 Å². The first-order valence-electron chi connectivity index (χ1n) is 7.34. The maximum atomic E-state index is 11.3. The second-order valence-corrected chi connectivity index (χ2v) is 6.67. The zero-order valence-corrected chi connectivity index (χ0v) is 15.0. The molecule has 20 heavy (non-hydrogen) atoms. The second kappa shape index (κ2) is 11.5. The summed E-state index contributed by atoms with van der Waals surface area (Å²) >= 11 is 0. The Balaban J connectivity index is 0. The second-order valence-electron chi connectivity index (χ2n) is 4.69. The van der Waals surface area contributed by atoms with Crippen LogP contribution in [0.15, 0.2) is 0 Å². The first-order chi connectivity index (χ1) is 9.35. The Morgan fingerprint density at radius 1 is 1.10 bits per heavy atom. The van der Waals surface area contributed by atoms with E-state index in [9.17, 15) is 8.42 Å². The predicted molar refractivity (Wildman–Crippen MR) is 84.6 cm³/mol. The molecule has 1 saturated heterocycles. The van der Waals surface area contributed by atoms with Crippen LogP contribution in [0, 0.1) is 0 Å². The molecule has 0 unspecified atom stereocenters. The number of rotatable bonds is 4. The molecule has 0 aromatic rings. The number of piperidine rings is 1. The van der Waals surface area contributed by atoms with Gasteiger partial charge in [-0.3, -0.25) is 0 Å². The molecule has 0 saturated carbocycles. The molecule has 6 heteroatoms. The summed E-state index contributed by atoms with van der Waals surface area (Å²) in [5, 5.41) is 0. The highest BCUT2D eigenvalue weighted by Gasteiger charge is 2.36. The molecule has 5 nitrogen and oxygen atoms in total. The van der Waals surface area contributed by atoms with E-state index in [2.05, 4.69) is 13.8 Å². The van der Waals surface area contributed by atoms with Crippen molar-refractivity contribution < 1.29 is 17.9 Å². The Kier molecular flexibility index (Phi) is 12.7. The zero-order chi connectivity index (χ0) is 16.2. The van der Waals surface area contributed by atoms with Crippen molar-refractivity contribution in [3.8, 4) is 0 Å². The minimum absolute atomic E-state index is 0.310. The van der Waals surface area contributed by atoms with Crippen molar-refractivity contribution >= 4 is 10.0 Å². The molecular weight excluding hydrogens is 278 g/mol. The quantitative estimate of drug-likeness (QED) is 0.800. The molecule has 1 aliphatic rings. The molecule has 0 aromatic carbocycles. The van der Waals surface area contributed by atoms with Crippen LogP contribution in [0.4, 0.5) is 0 Å². The minimum Gasteiger partial charge on any atom is -0.382 e. The van der Waals surface area contributed by atoms with Gasteiger partial charge in [0.1, 0.15) is 0 Å². The summed E-state index contributed by atoms with van der Waals surface area (Å²) in [7, 11) is 0.214. The lowest BCUT2D eigenvalue weighted by atomic mass is 9.93. The molecule has 1 rings (SSSR count). The van der Waals surface area contributed by atoms with Gasteiger partial charge < -0.3 is 9.47 Å². The van der Waals surface area contributed by atoms with Crippen molar-refractivity contribution in [2.75, 3.05) is 40.2 Å². The van der Waals surface area contributed by atoms with Gasteiger partial charge in [0.05, 0.1) is 18.5 Å². The van der Waals surface area contributed by atoms with Crippen molar-refractivity contribution in [2.24, 2.45) is 0 Å². The Hall–Kier alpha value is -0.170. The van der Waals surface area contributed by atoms with Crippen LogP contribution in [0.3, 0.4) is 0 Å². The lowest BCUT2D eigenvalue weighted by molar-refractivity contribution is -0.0898. The highest BCUT2D eigenvalue weighted by molar-refractivity contribution is 7.88. The number of hydrogen-bond acceptors (Lipinski definition) is 4. The van der Waals surface area contributed by atoms with E-state index in [1.54, 1.807) is 14.2 Å². The fraction of sp³-hybridized carbons (Fsp3) is 1.00. The van der Waals surface area contributed by atoms with Gasteiger partial charge in [-0.25, -0.2) is 12.7 Å². The van der Waals surface area contributed by atoms with E-state index in [-0.39, 0.29) is 5.60 Å². The van der Waals surface area contributed by atoms with Crippen LogP contribution >= 0.6 is 0 Å². The van der Waals surface area contributed by atoms with Crippen LogP contribution in [0.25, 0.3) is 0 Å². The first-order valence-corrected chi connectivity index (χ1v) is 9.19. The Morgan fingerprint density at radius 3 is 1.75 bits per heavy atom. The third-order valence-electron chi connectivity index (χ3n) is 2.94. The van der Waals surface area contributed by atoms with Gasteiger partial charge in [0, 0.05) is 27.3 Å². The van der Waals surface area contributed by atoms with Gasteiger partial charge in [-0.1, -0.05) is 34.1 Å². The van der Waals surface area contributed by atoms with Crippen LogP contribution in [0.2, 0.25) is 0 Å². The molecule has 0 radical (unpaired) electrons. The molecule has 0 bridgehead atoms. The van der Waals surface area contributed by atoms with E-state index in [0.717, 1.165) is 0 Å². The predicted octanol–water partition coefficient (Wildman–Crippen LogP) is 2.52. The molecule has 0 amide bonds. The van der Waals surface area contributed by atoms with Crippen LogP contribution in [0.1, 0.15) is 47.0 Å². The van der Waals surface area contributed by atoms with E-state index in [1.165, 1.54) is 17.0 Å². The number of ether oxygens (including phenoxy) is 2. The fourth-order valence-electron chi connectivity index (χ4n) is 1.90. The molecule has 0 spiro atoms. The summed E-state index contributed by atoms with van der Waals surface area (Å²) in [5.41, 5.74) is -0.310. The highest BCUT2D eigenvalue weighted by Crippen LogP contribution is 2.27. The maximum absolute atomic E-state index is 11.3. The van der Waals surface area contributed by atoms with Gasteiger partial charge in [-0.15, -0.1) is 0 Å². The van der Waals surface area contributed by atoms with Gasteiger partial charge >= 0.3 is 0 Å². The van der Waals surface area contributed by atoms with Crippen LogP contribution in [-0.4, -0.2) is 58.5 Å². The highest BCUT2D eigenvalue weighted by atomic mass is 32.2. The third kappa shape index (κ3) is 8.19. The lowest BCUT2D eigenvalue weighted by Gasteiger charge is -2.39. The molecule has 124 valence electrons. The molecule has 1 fully saturated rings. The van der Waals surface area contributed by atoms with Crippen LogP contribution in [-0.2, 0) is 19.5 Å². The first kappa shape index (κ1) is 22.1. The summed E-state index contributed by atoms with van der Waals surface area (Å²) in [6.07, 6.45) is 3.86. The van der Waals surface area contributed by atoms with E-state index < -0.39 is 10.0 Å². The molecule has 0 aliphatic carbocycles. The van der Waals surface area contributed by atoms with Gasteiger partial charge in [-0.2, -0.15) is 0 Å². The fourth-order valence-corrected chi connectivity index (χ4v) is 2.74. The number of hydrogen-bond donors (Lipinski definition) is 0. The minimum atomic E-state index is -3.06. The van der Waals surface area contributed by atoms with Crippen LogP contribution < -0.4 is 0 Å². The molecule has 0 atom stereocenters. The molecule has 0 N–H and O–H groups in total. The zero-order valence-electron chi connectivity index (χ0n) is 14.2. The number of nitrogens with zero attached hydrogens (tertiary/aromatic N) is 1. The van der Waals surface area contributed by atoms with Gasteiger partial charge in [0.15, 0.2) is 0 Å². The van der Waals surface area contributed by atoms with E-state index in [4.69, 9.17) is 9.47 Å². The third-order valence-corrected chi connectivity index (χ3v) is 4.25. The lowest BCUT2D eigenvalue weighted by Crippen LogP contribution is -2.49. The summed E-state index contributed by atoms with van der Waals surface area (Å²) < 4.78 is 34.6. The van der Waals surface area contributed by atoms with Gasteiger partial charge in [0.25, 0.3) is 0 Å². The Labute approximate surface area is 125 Å². The average molecular weight is 311 g/mol. The van der Waals surface area contributed by atoms with E-state index in [0.29, 0.717) is 32.5 Å². The Morgan fingerprint density at radius 2 is 1.50 bits per heavy atom. The summed E-state index contributed by atoms with van der Waals surface area (Å²) in [6.45, 7) is 9.78. The van der Waals surface area contributed by atoms with Crippen LogP contribution in [0.5, 0.6) is 0 Å². The summed E-state index contributed by atoms with van der Waals surface area (Å²) in [6, 6.07) is 0. The maximum Gasteiger partial charge on any atom is 0.211 e.